The first-order valence-electron chi connectivity index (χ1n) is 6.53. The van der Waals surface area contributed by atoms with Crippen molar-refractivity contribution in [2.75, 3.05) is 7.11 Å². The second-order valence-corrected chi connectivity index (χ2v) is 4.68. The summed E-state index contributed by atoms with van der Waals surface area (Å²) in [6.45, 7) is 4.04. The highest BCUT2D eigenvalue weighted by Gasteiger charge is 2.14. The van der Waals surface area contributed by atoms with E-state index in [4.69, 9.17) is 4.74 Å². The van der Waals surface area contributed by atoms with Crippen molar-refractivity contribution in [3.8, 4) is 5.75 Å². The average Bonchev–Trinajstić information content (AvgIpc) is 2.45. The zero-order valence-electron chi connectivity index (χ0n) is 11.6. The number of hydrogen-bond donors (Lipinski definition) is 1. The molecule has 0 spiro atoms. The minimum atomic E-state index is -0.0862. The molecular formula is C16H19NO2. The highest BCUT2D eigenvalue weighted by Crippen LogP contribution is 2.25. The molecule has 3 heteroatoms. The predicted molar refractivity (Wildman–Crippen MR) is 77.7 cm³/mol. The van der Waals surface area contributed by atoms with Crippen LogP contribution in [0.3, 0.4) is 0 Å². The number of hydrogen-bond acceptors (Lipinski definition) is 2. The summed E-state index contributed by atoms with van der Waals surface area (Å²) in [5.41, 5.74) is 0.585. The fraction of sp³-hybridized carbons (Fsp3) is 0.312. The number of nitrogens with one attached hydrogen (secondary N) is 1. The van der Waals surface area contributed by atoms with Gasteiger partial charge in [0.25, 0.3) is 5.91 Å². The van der Waals surface area contributed by atoms with Gasteiger partial charge < -0.3 is 10.1 Å². The lowest BCUT2D eigenvalue weighted by atomic mass is 10.0. The molecule has 0 radical (unpaired) electrons. The van der Waals surface area contributed by atoms with Gasteiger partial charge in [-0.25, -0.2) is 0 Å². The highest BCUT2D eigenvalue weighted by molar-refractivity contribution is 6.01. The van der Waals surface area contributed by atoms with Gasteiger partial charge in [-0.2, -0.15) is 0 Å². The van der Waals surface area contributed by atoms with Gasteiger partial charge in [0.15, 0.2) is 0 Å². The summed E-state index contributed by atoms with van der Waals surface area (Å²) in [4.78, 5) is 12.2. The molecule has 1 atom stereocenters. The summed E-state index contributed by atoms with van der Waals surface area (Å²) in [5.74, 6) is 0.524. The number of carbonyl (C=O) groups excluding carboxylic acids is 1. The molecule has 0 fully saturated rings. The Kier molecular flexibility index (Phi) is 4.05. The fourth-order valence-corrected chi connectivity index (χ4v) is 1.97. The maximum absolute atomic E-state index is 12.2. The van der Waals surface area contributed by atoms with Crippen LogP contribution in [0.15, 0.2) is 36.4 Å². The molecule has 0 saturated heterocycles. The van der Waals surface area contributed by atoms with Crippen LogP contribution in [0.25, 0.3) is 10.8 Å². The van der Waals surface area contributed by atoms with Gasteiger partial charge in [-0.3, -0.25) is 4.79 Å². The third kappa shape index (κ3) is 2.87. The Bertz CT molecular complexity index is 592. The van der Waals surface area contributed by atoms with Crippen LogP contribution in [0.1, 0.15) is 30.6 Å². The van der Waals surface area contributed by atoms with Crippen molar-refractivity contribution in [3.05, 3.63) is 42.0 Å². The summed E-state index contributed by atoms with van der Waals surface area (Å²) in [5, 5.41) is 5.07. The molecule has 0 aromatic heterocycles. The van der Waals surface area contributed by atoms with Crippen molar-refractivity contribution in [1.82, 2.24) is 5.32 Å². The minimum absolute atomic E-state index is 0.0862. The molecule has 1 N–H and O–H groups in total. The number of ether oxygens (including phenoxy) is 1. The number of fused-ring (bicyclic) bond motifs is 1. The van der Waals surface area contributed by atoms with Gasteiger partial charge >= 0.3 is 0 Å². The van der Waals surface area contributed by atoms with Crippen LogP contribution < -0.4 is 10.1 Å². The molecule has 0 heterocycles. The lowest BCUT2D eigenvalue weighted by Gasteiger charge is -2.14. The van der Waals surface area contributed by atoms with Crippen LogP contribution in [-0.4, -0.2) is 19.1 Å². The van der Waals surface area contributed by atoms with Crippen LogP contribution in [0.4, 0.5) is 0 Å². The number of amides is 1. The average molecular weight is 257 g/mol. The SMILES string of the molecule is CCC(C)NC(=O)c1cc2ccccc2cc1OC. The molecule has 0 aliphatic rings. The highest BCUT2D eigenvalue weighted by atomic mass is 16.5. The van der Waals surface area contributed by atoms with Crippen molar-refractivity contribution in [3.63, 3.8) is 0 Å². The molecule has 2 aromatic carbocycles. The Balaban J connectivity index is 2.43. The molecule has 1 unspecified atom stereocenters. The van der Waals surface area contributed by atoms with E-state index in [1.807, 2.05) is 50.2 Å². The van der Waals surface area contributed by atoms with E-state index in [1.54, 1.807) is 7.11 Å². The van der Waals surface area contributed by atoms with E-state index < -0.39 is 0 Å². The molecule has 1 amide bonds. The molecule has 0 aliphatic heterocycles. The number of rotatable bonds is 4. The zero-order valence-corrected chi connectivity index (χ0v) is 11.6. The Hall–Kier alpha value is -2.03. The first-order valence-corrected chi connectivity index (χ1v) is 6.53. The molecule has 19 heavy (non-hydrogen) atoms. The lowest BCUT2D eigenvalue weighted by molar-refractivity contribution is 0.0936. The van der Waals surface area contributed by atoms with Crippen LogP contribution in [0.5, 0.6) is 5.75 Å². The monoisotopic (exact) mass is 257 g/mol. The Morgan fingerprint density at radius 3 is 2.47 bits per heavy atom. The van der Waals surface area contributed by atoms with E-state index in [2.05, 4.69) is 5.32 Å². The van der Waals surface area contributed by atoms with Gasteiger partial charge in [-0.05, 0) is 36.2 Å². The van der Waals surface area contributed by atoms with E-state index >= 15 is 0 Å². The zero-order chi connectivity index (χ0) is 13.8. The van der Waals surface area contributed by atoms with Crippen molar-refractivity contribution in [1.29, 1.82) is 0 Å². The van der Waals surface area contributed by atoms with E-state index in [0.29, 0.717) is 11.3 Å². The second-order valence-electron chi connectivity index (χ2n) is 4.68. The van der Waals surface area contributed by atoms with E-state index in [1.165, 1.54) is 0 Å². The van der Waals surface area contributed by atoms with Crippen LogP contribution >= 0.6 is 0 Å². The van der Waals surface area contributed by atoms with Gasteiger partial charge in [-0.15, -0.1) is 0 Å². The normalized spacial score (nSPS) is 12.2. The van der Waals surface area contributed by atoms with E-state index in [0.717, 1.165) is 17.2 Å². The first kappa shape index (κ1) is 13.4. The van der Waals surface area contributed by atoms with Gasteiger partial charge in [0.05, 0.1) is 12.7 Å². The van der Waals surface area contributed by atoms with Gasteiger partial charge in [0.2, 0.25) is 0 Å². The number of benzene rings is 2. The van der Waals surface area contributed by atoms with E-state index in [-0.39, 0.29) is 11.9 Å². The lowest BCUT2D eigenvalue weighted by Crippen LogP contribution is -2.32. The standard InChI is InChI=1S/C16H19NO2/c1-4-11(2)17-16(18)14-9-12-7-5-6-8-13(12)10-15(14)19-3/h5-11H,4H2,1-3H3,(H,17,18). The third-order valence-electron chi connectivity index (χ3n) is 3.30. The molecule has 0 bridgehead atoms. The molecular weight excluding hydrogens is 238 g/mol. The maximum Gasteiger partial charge on any atom is 0.255 e. The molecule has 0 saturated carbocycles. The smallest absolute Gasteiger partial charge is 0.255 e. The Labute approximate surface area is 113 Å². The van der Waals surface area contributed by atoms with Gasteiger partial charge in [0.1, 0.15) is 5.75 Å². The third-order valence-corrected chi connectivity index (χ3v) is 3.30. The van der Waals surface area contributed by atoms with Gasteiger partial charge in [-0.1, -0.05) is 31.2 Å². The summed E-state index contributed by atoms with van der Waals surface area (Å²) in [7, 11) is 1.59. The van der Waals surface area contributed by atoms with Crippen molar-refractivity contribution in [2.24, 2.45) is 0 Å². The predicted octanol–water partition coefficient (Wildman–Crippen LogP) is 3.38. The molecule has 0 aliphatic carbocycles. The van der Waals surface area contributed by atoms with Crippen LogP contribution in [0.2, 0.25) is 0 Å². The van der Waals surface area contributed by atoms with Crippen molar-refractivity contribution < 1.29 is 9.53 Å². The topological polar surface area (TPSA) is 38.3 Å². The number of carbonyl (C=O) groups is 1. The fourth-order valence-electron chi connectivity index (χ4n) is 1.97. The summed E-state index contributed by atoms with van der Waals surface area (Å²) in [6.07, 6.45) is 0.904. The minimum Gasteiger partial charge on any atom is -0.496 e. The maximum atomic E-state index is 12.2. The summed E-state index contributed by atoms with van der Waals surface area (Å²) in [6, 6.07) is 11.9. The van der Waals surface area contributed by atoms with Gasteiger partial charge in [0, 0.05) is 6.04 Å². The molecule has 100 valence electrons. The summed E-state index contributed by atoms with van der Waals surface area (Å²) >= 11 is 0. The van der Waals surface area contributed by atoms with Crippen LogP contribution in [-0.2, 0) is 0 Å². The molecule has 2 rings (SSSR count). The van der Waals surface area contributed by atoms with Crippen molar-refractivity contribution in [2.45, 2.75) is 26.3 Å². The quantitative estimate of drug-likeness (QED) is 0.912. The van der Waals surface area contributed by atoms with Crippen molar-refractivity contribution >= 4 is 16.7 Å². The molecule has 3 nitrogen and oxygen atoms in total. The Morgan fingerprint density at radius 2 is 1.89 bits per heavy atom. The van der Waals surface area contributed by atoms with Crippen LogP contribution in [0, 0.1) is 0 Å². The first-order chi connectivity index (χ1) is 9.15. The largest absolute Gasteiger partial charge is 0.496 e. The summed E-state index contributed by atoms with van der Waals surface area (Å²) < 4.78 is 5.33. The molecule has 2 aromatic rings. The Morgan fingerprint density at radius 1 is 1.26 bits per heavy atom. The van der Waals surface area contributed by atoms with E-state index in [9.17, 15) is 4.79 Å². The number of methoxy groups -OCH3 is 1. The second kappa shape index (κ2) is 5.74.